The maximum Gasteiger partial charge on any atom is 0.220 e. The Morgan fingerprint density at radius 3 is 1.56 bits per heavy atom. The summed E-state index contributed by atoms with van der Waals surface area (Å²) >= 11 is 0. The number of carbonyl (C=O) groups is 1. The van der Waals surface area contributed by atoms with E-state index < -0.39 is 86.8 Å². The molecule has 63 heavy (non-hydrogen) atoms. The van der Waals surface area contributed by atoms with Crippen molar-refractivity contribution in [1.82, 2.24) is 5.32 Å². The Labute approximate surface area is 379 Å². The van der Waals surface area contributed by atoms with Gasteiger partial charge in [0.05, 0.1) is 32.0 Å². The van der Waals surface area contributed by atoms with Crippen molar-refractivity contribution in [3.8, 4) is 0 Å². The van der Waals surface area contributed by atoms with Gasteiger partial charge in [-0.05, 0) is 32.1 Å². The fourth-order valence-electron chi connectivity index (χ4n) is 8.25. The summed E-state index contributed by atoms with van der Waals surface area (Å²) in [6.45, 7) is 2.74. The number of aliphatic hydroxyl groups is 8. The molecule has 2 saturated heterocycles. The molecule has 2 rings (SSSR count). The average Bonchev–Trinajstić information content (AvgIpc) is 3.28. The topological polar surface area (TPSA) is 228 Å². The summed E-state index contributed by atoms with van der Waals surface area (Å²) in [4.78, 5) is 13.1. The van der Waals surface area contributed by atoms with E-state index in [0.29, 0.717) is 12.8 Å². The monoisotopic (exact) mass is 902 g/mol. The van der Waals surface area contributed by atoms with Gasteiger partial charge in [-0.3, -0.25) is 4.79 Å². The molecule has 0 aromatic carbocycles. The number of nitrogens with one attached hydrogen (secondary N) is 1. The molecule has 1 amide bonds. The van der Waals surface area contributed by atoms with Crippen LogP contribution in [0.25, 0.3) is 0 Å². The first kappa shape index (κ1) is 57.6. The molecule has 0 aromatic heterocycles. The Morgan fingerprint density at radius 2 is 1.02 bits per heavy atom. The molecule has 2 aliphatic rings. The number of carbonyl (C=O) groups excluding carboxylic acids is 1. The number of aliphatic hydroxyl groups excluding tert-OH is 8. The molecule has 0 aliphatic carbocycles. The number of allylic oxidation sites excluding steroid dienone is 3. The SMILES string of the molecule is CCCCCCCCCCCCCCCC/C=C/CC/C=C/C(O)C(COC1OC(CO)C(OC2OC(CO)C(O)C(O)C2O)C(O)C1O)NC(=O)CCCCCCCCCCC. The van der Waals surface area contributed by atoms with Crippen LogP contribution < -0.4 is 5.32 Å². The Balaban J connectivity index is 1.84. The fourth-order valence-corrected chi connectivity index (χ4v) is 8.25. The zero-order valence-corrected chi connectivity index (χ0v) is 39.1. The predicted molar refractivity (Wildman–Crippen MR) is 245 cm³/mol. The zero-order valence-electron chi connectivity index (χ0n) is 39.1. The van der Waals surface area contributed by atoms with Crippen molar-refractivity contribution in [3.63, 3.8) is 0 Å². The summed E-state index contributed by atoms with van der Waals surface area (Å²) in [5.74, 6) is -0.253. The highest BCUT2D eigenvalue weighted by atomic mass is 16.7. The zero-order chi connectivity index (χ0) is 46.1. The van der Waals surface area contributed by atoms with E-state index in [1.807, 2.05) is 6.08 Å². The minimum Gasteiger partial charge on any atom is -0.394 e. The third-order valence-electron chi connectivity index (χ3n) is 12.4. The van der Waals surface area contributed by atoms with Crippen LogP contribution >= 0.6 is 0 Å². The van der Waals surface area contributed by atoms with Gasteiger partial charge in [-0.2, -0.15) is 0 Å². The van der Waals surface area contributed by atoms with Gasteiger partial charge in [0, 0.05) is 6.42 Å². The first-order chi connectivity index (χ1) is 30.6. The Bertz CT molecular complexity index is 1160. The van der Waals surface area contributed by atoms with Crippen molar-refractivity contribution in [2.75, 3.05) is 19.8 Å². The number of hydrogen-bond donors (Lipinski definition) is 9. The molecule has 9 N–H and O–H groups in total. The number of rotatable bonds is 38. The molecule has 0 saturated carbocycles. The minimum absolute atomic E-state index is 0.253. The molecule has 14 nitrogen and oxygen atoms in total. The first-order valence-corrected chi connectivity index (χ1v) is 25.1. The second-order valence-electron chi connectivity index (χ2n) is 17.9. The van der Waals surface area contributed by atoms with Crippen LogP contribution in [0, 0.1) is 0 Å². The van der Waals surface area contributed by atoms with Crippen molar-refractivity contribution in [2.24, 2.45) is 0 Å². The Hall–Kier alpha value is -1.53. The normalized spacial score (nSPS) is 27.7. The first-order valence-electron chi connectivity index (χ1n) is 25.1. The quantitative estimate of drug-likeness (QED) is 0.0250. The Morgan fingerprint density at radius 1 is 0.556 bits per heavy atom. The van der Waals surface area contributed by atoms with Crippen LogP contribution in [0.2, 0.25) is 0 Å². The summed E-state index contributed by atoms with van der Waals surface area (Å²) in [5.41, 5.74) is 0. The number of ether oxygens (including phenoxy) is 4. The van der Waals surface area contributed by atoms with Crippen LogP contribution in [0.4, 0.5) is 0 Å². The lowest BCUT2D eigenvalue weighted by Gasteiger charge is -2.46. The molecule has 370 valence electrons. The van der Waals surface area contributed by atoms with Crippen molar-refractivity contribution < 1.29 is 64.6 Å². The van der Waals surface area contributed by atoms with E-state index >= 15 is 0 Å². The molecule has 0 aromatic rings. The molecule has 14 heteroatoms. The largest absolute Gasteiger partial charge is 0.394 e. The molecule has 0 radical (unpaired) electrons. The Kier molecular flexibility index (Phi) is 33.4. The van der Waals surface area contributed by atoms with Crippen LogP contribution in [-0.4, -0.2) is 140 Å². The molecule has 2 aliphatic heterocycles. The van der Waals surface area contributed by atoms with Gasteiger partial charge in [0.25, 0.3) is 0 Å². The number of hydrogen-bond acceptors (Lipinski definition) is 13. The smallest absolute Gasteiger partial charge is 0.220 e. The van der Waals surface area contributed by atoms with Gasteiger partial charge in [-0.25, -0.2) is 0 Å². The van der Waals surface area contributed by atoms with E-state index in [4.69, 9.17) is 18.9 Å². The fraction of sp³-hybridized carbons (Fsp3) is 0.898. The van der Waals surface area contributed by atoms with Gasteiger partial charge in [0.1, 0.15) is 48.8 Å². The van der Waals surface area contributed by atoms with Crippen molar-refractivity contribution >= 4 is 5.91 Å². The van der Waals surface area contributed by atoms with Gasteiger partial charge in [-0.15, -0.1) is 0 Å². The highest BCUT2D eigenvalue weighted by molar-refractivity contribution is 5.76. The summed E-state index contributed by atoms with van der Waals surface area (Å²) in [6.07, 6.45) is 22.4. The summed E-state index contributed by atoms with van der Waals surface area (Å²) in [5, 5.41) is 86.5. The number of unbranched alkanes of at least 4 members (excludes halogenated alkanes) is 23. The summed E-state index contributed by atoms with van der Waals surface area (Å²) in [6, 6.07) is -0.924. The third kappa shape index (κ3) is 24.2. The van der Waals surface area contributed by atoms with Crippen LogP contribution in [-0.2, 0) is 23.7 Å². The van der Waals surface area contributed by atoms with Crippen LogP contribution in [0.1, 0.15) is 187 Å². The second kappa shape index (κ2) is 36.6. The lowest BCUT2D eigenvalue weighted by Crippen LogP contribution is -2.65. The van der Waals surface area contributed by atoms with Gasteiger partial charge in [0.15, 0.2) is 12.6 Å². The molecule has 0 bridgehead atoms. The van der Waals surface area contributed by atoms with Crippen LogP contribution in [0.5, 0.6) is 0 Å². The van der Waals surface area contributed by atoms with Crippen molar-refractivity contribution in [3.05, 3.63) is 24.3 Å². The summed E-state index contributed by atoms with van der Waals surface area (Å²) in [7, 11) is 0. The van der Waals surface area contributed by atoms with E-state index in [1.54, 1.807) is 6.08 Å². The highest BCUT2D eigenvalue weighted by Gasteiger charge is 2.51. The molecular formula is C49H91NO13. The van der Waals surface area contributed by atoms with Crippen LogP contribution in [0.15, 0.2) is 24.3 Å². The van der Waals surface area contributed by atoms with E-state index in [2.05, 4.69) is 31.3 Å². The molecule has 2 fully saturated rings. The minimum atomic E-state index is -1.79. The van der Waals surface area contributed by atoms with Gasteiger partial charge in [0.2, 0.25) is 5.91 Å². The number of amides is 1. The molecule has 0 spiro atoms. The van der Waals surface area contributed by atoms with Crippen molar-refractivity contribution in [2.45, 2.75) is 261 Å². The maximum atomic E-state index is 13.1. The molecule has 12 atom stereocenters. The van der Waals surface area contributed by atoms with E-state index in [-0.39, 0.29) is 18.9 Å². The molecule has 2 heterocycles. The molecule has 12 unspecified atom stereocenters. The lowest BCUT2D eigenvalue weighted by molar-refractivity contribution is -0.359. The highest BCUT2D eigenvalue weighted by Crippen LogP contribution is 2.30. The van der Waals surface area contributed by atoms with E-state index in [1.165, 1.54) is 122 Å². The molecular weight excluding hydrogens is 811 g/mol. The van der Waals surface area contributed by atoms with Gasteiger partial charge < -0.3 is 65.1 Å². The standard InChI is InChI=1S/C49H91NO13/c1-3-5-7-9-11-13-14-15-16-17-18-19-20-21-22-23-25-26-28-30-32-38(53)37(50-41(54)33-31-29-27-24-12-10-8-6-4-2)36-60-48-46(59)44(57)47(40(35-52)62-48)63-49-45(58)43(56)42(55)39(34-51)61-49/h23,25,30,32,37-40,42-49,51-53,55-59H,3-22,24,26-29,31,33-36H2,1-2H3,(H,50,54)/b25-23+,32-30+. The summed E-state index contributed by atoms with van der Waals surface area (Å²) < 4.78 is 22.6. The van der Waals surface area contributed by atoms with Gasteiger partial charge >= 0.3 is 0 Å². The van der Waals surface area contributed by atoms with Gasteiger partial charge in [-0.1, -0.05) is 173 Å². The predicted octanol–water partition coefficient (Wildman–Crippen LogP) is 6.16. The van der Waals surface area contributed by atoms with E-state index in [9.17, 15) is 45.6 Å². The lowest BCUT2D eigenvalue weighted by atomic mass is 9.97. The third-order valence-corrected chi connectivity index (χ3v) is 12.4. The maximum absolute atomic E-state index is 13.1. The van der Waals surface area contributed by atoms with Crippen molar-refractivity contribution in [1.29, 1.82) is 0 Å². The van der Waals surface area contributed by atoms with Crippen LogP contribution in [0.3, 0.4) is 0 Å². The second-order valence-corrected chi connectivity index (χ2v) is 17.9. The van der Waals surface area contributed by atoms with E-state index in [0.717, 1.165) is 32.1 Å². The average molecular weight is 902 g/mol.